The molecule has 5 rings (SSSR count). The fourth-order valence-corrected chi connectivity index (χ4v) is 6.11. The number of nitrogens with one attached hydrogen (secondary N) is 1. The molecule has 0 aliphatic carbocycles. The van der Waals surface area contributed by atoms with Crippen molar-refractivity contribution in [3.05, 3.63) is 38.9 Å². The zero-order valence-electron chi connectivity index (χ0n) is 18.3. The number of anilines is 1. The summed E-state index contributed by atoms with van der Waals surface area (Å²) in [5, 5.41) is 14.8. The molecule has 0 spiro atoms. The maximum absolute atomic E-state index is 12.9. The molecule has 2 bridgehead atoms. The summed E-state index contributed by atoms with van der Waals surface area (Å²) in [6, 6.07) is -0.293. The number of pyridine rings is 1. The van der Waals surface area contributed by atoms with Gasteiger partial charge in [0, 0.05) is 17.9 Å². The van der Waals surface area contributed by atoms with Gasteiger partial charge in [-0.2, -0.15) is 0 Å². The lowest BCUT2D eigenvalue weighted by Crippen LogP contribution is -2.48. The van der Waals surface area contributed by atoms with Crippen LogP contribution in [0, 0.1) is 6.92 Å². The monoisotopic (exact) mass is 476 g/mol. The Bertz CT molecular complexity index is 1260. The van der Waals surface area contributed by atoms with Crippen LogP contribution in [0.3, 0.4) is 0 Å². The highest BCUT2D eigenvalue weighted by Gasteiger charge is 2.43. The highest BCUT2D eigenvalue weighted by molar-refractivity contribution is 7.22. The van der Waals surface area contributed by atoms with Crippen LogP contribution < -0.4 is 10.9 Å². The molecular weight excluding hydrogens is 452 g/mol. The Morgan fingerprint density at radius 1 is 1.41 bits per heavy atom. The van der Waals surface area contributed by atoms with Crippen molar-refractivity contribution in [2.24, 2.45) is 7.05 Å². The van der Waals surface area contributed by atoms with Gasteiger partial charge in [0.15, 0.2) is 6.29 Å². The Hall–Kier alpha value is -2.04. The average Bonchev–Trinajstić information content (AvgIpc) is 3.32. The predicted octanol–water partition coefficient (Wildman–Crippen LogP) is 3.43. The summed E-state index contributed by atoms with van der Waals surface area (Å²) >= 11 is 8.04. The zero-order valence-corrected chi connectivity index (χ0v) is 19.8. The van der Waals surface area contributed by atoms with Gasteiger partial charge >= 0.3 is 0 Å². The lowest BCUT2D eigenvalue weighted by molar-refractivity contribution is -0.156. The van der Waals surface area contributed by atoms with E-state index >= 15 is 0 Å². The molecule has 2 aliphatic rings. The minimum atomic E-state index is -0.820. The third-order valence-corrected chi connectivity index (χ3v) is 7.78. The van der Waals surface area contributed by atoms with E-state index < -0.39 is 12.4 Å². The van der Waals surface area contributed by atoms with Crippen molar-refractivity contribution in [3.63, 3.8) is 0 Å². The van der Waals surface area contributed by atoms with E-state index in [0.29, 0.717) is 35.1 Å². The molecule has 0 unspecified atom stereocenters. The smallest absolute Gasteiger partial charge is 0.259 e. The molecule has 2 aliphatic heterocycles. The molecule has 5 heterocycles. The van der Waals surface area contributed by atoms with Gasteiger partial charge in [-0.15, -0.1) is 11.3 Å². The van der Waals surface area contributed by atoms with Crippen molar-refractivity contribution in [2.75, 3.05) is 11.9 Å². The fraction of sp³-hybridized carbons (Fsp3) is 0.500. The van der Waals surface area contributed by atoms with Gasteiger partial charge in [0.1, 0.15) is 11.8 Å². The summed E-state index contributed by atoms with van der Waals surface area (Å²) in [6.07, 6.45) is 2.55. The number of aromatic nitrogens is 3. The van der Waals surface area contributed by atoms with Gasteiger partial charge in [-0.1, -0.05) is 25.4 Å². The molecular formula is C22H25ClN4O4S. The number of hydrogen-bond donors (Lipinski definition) is 2. The largest absolute Gasteiger partial charge is 0.386 e. The first kappa shape index (κ1) is 21.8. The Balaban J connectivity index is 1.57. The van der Waals surface area contributed by atoms with Crippen LogP contribution in [0.1, 0.15) is 37.3 Å². The van der Waals surface area contributed by atoms with Crippen LogP contribution >= 0.6 is 22.9 Å². The number of thiophene rings is 1. The molecule has 3 aromatic heterocycles. The molecule has 2 N–H and O–H groups in total. The van der Waals surface area contributed by atoms with Crippen LogP contribution in [-0.2, 0) is 16.5 Å². The Morgan fingerprint density at radius 2 is 2.19 bits per heavy atom. The molecule has 170 valence electrons. The van der Waals surface area contributed by atoms with Crippen molar-refractivity contribution in [2.45, 2.75) is 57.6 Å². The molecule has 2 saturated heterocycles. The molecule has 2 fully saturated rings. The average molecular weight is 477 g/mol. The van der Waals surface area contributed by atoms with Crippen molar-refractivity contribution >= 4 is 39.0 Å². The number of fused-ring (bicyclic) bond motifs is 3. The number of aliphatic hydroxyl groups is 1. The third-order valence-electron chi connectivity index (χ3n) is 6.15. The Morgan fingerprint density at radius 3 is 2.94 bits per heavy atom. The number of halogens is 1. The van der Waals surface area contributed by atoms with Crippen LogP contribution in [-0.4, -0.2) is 50.8 Å². The SMILES string of the molecule is Cc1c(-c2nc(N[C@@H]3C[C@H]4CO[C@H](O4)[C@H]3O)ncc2Cl)sc2c(C(C)C)cn(C)c(=O)c12. The minimum absolute atomic E-state index is 0.0336. The summed E-state index contributed by atoms with van der Waals surface area (Å²) in [7, 11) is 1.78. The summed E-state index contributed by atoms with van der Waals surface area (Å²) < 4.78 is 13.7. The maximum atomic E-state index is 12.9. The highest BCUT2D eigenvalue weighted by Crippen LogP contribution is 2.41. The number of nitrogens with zero attached hydrogens (tertiary/aromatic N) is 3. The fourth-order valence-electron chi connectivity index (χ4n) is 4.41. The van der Waals surface area contributed by atoms with Crippen molar-refractivity contribution < 1.29 is 14.6 Å². The second kappa shape index (κ2) is 8.07. The quantitative estimate of drug-likeness (QED) is 0.595. The van der Waals surface area contributed by atoms with E-state index in [4.69, 9.17) is 21.1 Å². The molecule has 0 saturated carbocycles. The van der Waals surface area contributed by atoms with Crippen LogP contribution in [0.25, 0.3) is 20.7 Å². The number of hydrogen-bond acceptors (Lipinski definition) is 8. The van der Waals surface area contributed by atoms with E-state index in [2.05, 4.69) is 29.1 Å². The Kier molecular flexibility index (Phi) is 5.50. The minimum Gasteiger partial charge on any atom is -0.386 e. The van der Waals surface area contributed by atoms with Gasteiger partial charge in [0.2, 0.25) is 5.95 Å². The van der Waals surface area contributed by atoms with E-state index in [0.717, 1.165) is 20.7 Å². The van der Waals surface area contributed by atoms with Gasteiger partial charge in [0.05, 0.1) is 40.2 Å². The summed E-state index contributed by atoms with van der Waals surface area (Å²) in [5.41, 5.74) is 2.51. The van der Waals surface area contributed by atoms with Crippen molar-refractivity contribution in [3.8, 4) is 10.6 Å². The standard InChI is InChI=1S/C22H25ClN4O4S/c1-9(2)12-7-27(4)20(29)15-10(3)18(32-19(12)15)16-13(23)6-24-22(26-16)25-14-5-11-8-30-21(31-11)17(14)28/h6-7,9,11,14,17,21,28H,5,8H2,1-4H3,(H,24,25,26)/t11-,14+,17-,21+/m0/s1. The van der Waals surface area contributed by atoms with E-state index in [-0.39, 0.29) is 23.6 Å². The molecule has 8 nitrogen and oxygen atoms in total. The molecule has 32 heavy (non-hydrogen) atoms. The molecule has 3 aromatic rings. The van der Waals surface area contributed by atoms with Gasteiger partial charge in [-0.05, 0) is 30.4 Å². The molecule has 4 atom stereocenters. The summed E-state index contributed by atoms with van der Waals surface area (Å²) in [4.78, 5) is 22.8. The van der Waals surface area contributed by atoms with E-state index in [9.17, 15) is 9.90 Å². The van der Waals surface area contributed by atoms with E-state index in [1.54, 1.807) is 17.8 Å². The first-order valence-electron chi connectivity index (χ1n) is 10.6. The first-order valence-corrected chi connectivity index (χ1v) is 11.8. The van der Waals surface area contributed by atoms with Gasteiger partial charge in [0.25, 0.3) is 5.56 Å². The van der Waals surface area contributed by atoms with Gasteiger partial charge in [-0.25, -0.2) is 9.97 Å². The lowest BCUT2D eigenvalue weighted by Gasteiger charge is -2.32. The predicted molar refractivity (Wildman–Crippen MR) is 125 cm³/mol. The molecule has 10 heteroatoms. The number of aliphatic hydroxyl groups excluding tert-OH is 1. The second-order valence-electron chi connectivity index (χ2n) is 8.74. The van der Waals surface area contributed by atoms with E-state index in [1.807, 2.05) is 13.1 Å². The highest BCUT2D eigenvalue weighted by atomic mass is 35.5. The van der Waals surface area contributed by atoms with Crippen molar-refractivity contribution in [1.29, 1.82) is 0 Å². The van der Waals surface area contributed by atoms with Crippen LogP contribution in [0.5, 0.6) is 0 Å². The lowest BCUT2D eigenvalue weighted by atomic mass is 10.0. The third kappa shape index (κ3) is 3.52. The molecule has 0 radical (unpaired) electrons. The van der Waals surface area contributed by atoms with Crippen molar-refractivity contribution in [1.82, 2.24) is 14.5 Å². The van der Waals surface area contributed by atoms with Crippen LogP contribution in [0.4, 0.5) is 5.95 Å². The summed E-state index contributed by atoms with van der Waals surface area (Å²) in [6.45, 7) is 6.64. The first-order chi connectivity index (χ1) is 15.2. The summed E-state index contributed by atoms with van der Waals surface area (Å²) in [5.74, 6) is 0.629. The second-order valence-corrected chi connectivity index (χ2v) is 10.2. The Labute approximate surface area is 194 Å². The zero-order chi connectivity index (χ0) is 22.7. The molecule has 0 aromatic carbocycles. The number of aryl methyl sites for hydroxylation is 2. The van der Waals surface area contributed by atoms with Crippen LogP contribution in [0.2, 0.25) is 5.02 Å². The van der Waals surface area contributed by atoms with Crippen LogP contribution in [0.15, 0.2) is 17.2 Å². The maximum Gasteiger partial charge on any atom is 0.259 e. The normalized spacial score (nSPS) is 25.1. The van der Waals surface area contributed by atoms with Gasteiger partial charge in [-0.3, -0.25) is 4.79 Å². The number of ether oxygens (including phenoxy) is 2. The topological polar surface area (TPSA) is 98.5 Å². The van der Waals surface area contributed by atoms with E-state index in [1.165, 1.54) is 11.3 Å². The van der Waals surface area contributed by atoms with Gasteiger partial charge < -0.3 is 24.5 Å². The number of rotatable bonds is 4. The molecule has 0 amide bonds.